The Morgan fingerprint density at radius 1 is 1.50 bits per heavy atom. The maximum Gasteiger partial charge on any atom is 0.179 e. The highest BCUT2D eigenvalue weighted by Gasteiger charge is 2.09. The summed E-state index contributed by atoms with van der Waals surface area (Å²) in [6.07, 6.45) is 0. The van der Waals surface area contributed by atoms with Crippen LogP contribution >= 0.6 is 0 Å². The average Bonchev–Trinajstić information content (AvgIpc) is 2.18. The summed E-state index contributed by atoms with van der Waals surface area (Å²) in [6, 6.07) is 5.83. The van der Waals surface area contributed by atoms with Crippen LogP contribution in [-0.2, 0) is 0 Å². The van der Waals surface area contributed by atoms with E-state index in [4.69, 9.17) is 11.3 Å². The Balaban J connectivity index is 2.93. The normalized spacial score (nSPS) is 11.6. The number of carbonyl (C=O) groups is 1. The number of rotatable bonds is 3. The van der Waals surface area contributed by atoms with Crippen molar-refractivity contribution in [2.24, 2.45) is 10.8 Å². The molecule has 14 heavy (non-hydrogen) atoms. The highest BCUT2D eigenvalue weighted by atomic mass is 16.1. The van der Waals surface area contributed by atoms with Gasteiger partial charge in [0, 0.05) is 16.2 Å². The molecule has 0 aliphatic heterocycles. The first kappa shape index (κ1) is 10.2. The summed E-state index contributed by atoms with van der Waals surface area (Å²) in [5, 5.41) is 3.39. The lowest BCUT2D eigenvalue weighted by Crippen LogP contribution is -2.26. The van der Waals surface area contributed by atoms with Gasteiger partial charge in [0.05, 0.1) is 6.04 Å². The third-order valence-electron chi connectivity index (χ3n) is 1.73. The number of nitrogens with two attached hydrogens (primary N) is 1. The number of hydrogen-bond acceptors (Lipinski definition) is 3. The second-order valence-corrected chi connectivity index (χ2v) is 2.89. The number of carbonyl (C=O) groups excluding carboxylic acids is 1. The predicted octanol–water partition coefficient (Wildman–Crippen LogP) is 2.16. The topological polar surface area (TPSA) is 91.9 Å². The minimum absolute atomic E-state index is 0.127. The summed E-state index contributed by atoms with van der Waals surface area (Å²) in [4.78, 5) is 14.0. The molecule has 5 nitrogen and oxygen atoms in total. The molecule has 0 amide bonds. The van der Waals surface area contributed by atoms with Gasteiger partial charge in [-0.25, -0.2) is 0 Å². The molecular formula is C9H10N4O. The van der Waals surface area contributed by atoms with E-state index < -0.39 is 6.04 Å². The first-order valence-corrected chi connectivity index (χ1v) is 4.10. The van der Waals surface area contributed by atoms with E-state index in [9.17, 15) is 4.79 Å². The number of nitrogens with zero attached hydrogens (tertiary/aromatic N) is 3. The molecule has 0 spiro atoms. The molecule has 0 radical (unpaired) electrons. The van der Waals surface area contributed by atoms with Crippen molar-refractivity contribution >= 4 is 11.5 Å². The zero-order valence-electron chi connectivity index (χ0n) is 7.71. The van der Waals surface area contributed by atoms with Gasteiger partial charge in [0.25, 0.3) is 0 Å². The molecule has 0 saturated heterocycles. The first-order chi connectivity index (χ1) is 6.65. The van der Waals surface area contributed by atoms with E-state index in [0.717, 1.165) is 0 Å². The minimum atomic E-state index is -0.514. The molecule has 1 aromatic carbocycles. The molecule has 0 heterocycles. The van der Waals surface area contributed by atoms with E-state index in [1.165, 1.54) is 0 Å². The summed E-state index contributed by atoms with van der Waals surface area (Å²) in [7, 11) is 0. The zero-order valence-corrected chi connectivity index (χ0v) is 7.71. The Morgan fingerprint density at radius 2 is 2.07 bits per heavy atom. The lowest BCUT2D eigenvalue weighted by Gasteiger charge is -2.03. The van der Waals surface area contributed by atoms with E-state index in [-0.39, 0.29) is 5.78 Å². The number of hydrogen-bond donors (Lipinski definition) is 1. The van der Waals surface area contributed by atoms with Crippen LogP contribution in [-0.4, -0.2) is 11.8 Å². The molecule has 1 unspecified atom stereocenters. The quantitative estimate of drug-likeness (QED) is 0.342. The molecule has 0 saturated carbocycles. The average molecular weight is 190 g/mol. The van der Waals surface area contributed by atoms with Crippen molar-refractivity contribution in [3.63, 3.8) is 0 Å². The van der Waals surface area contributed by atoms with Gasteiger partial charge in [-0.3, -0.25) is 4.79 Å². The predicted molar refractivity (Wildman–Crippen MR) is 53.2 cm³/mol. The minimum Gasteiger partial charge on any atom is -0.321 e. The molecule has 0 bridgehead atoms. The van der Waals surface area contributed by atoms with Gasteiger partial charge >= 0.3 is 0 Å². The fraction of sp³-hybridized carbons (Fsp3) is 0.222. The van der Waals surface area contributed by atoms with Crippen LogP contribution in [0.5, 0.6) is 0 Å². The Bertz CT molecular complexity index is 376. The molecule has 1 rings (SSSR count). The Hall–Kier alpha value is -1.84. The Labute approximate surface area is 81.2 Å². The van der Waals surface area contributed by atoms with Crippen LogP contribution in [0.25, 0.3) is 10.4 Å². The summed E-state index contributed by atoms with van der Waals surface area (Å²) in [5.74, 6) is -0.127. The molecule has 0 aromatic heterocycles. The molecule has 1 atom stereocenters. The van der Waals surface area contributed by atoms with Gasteiger partial charge in [0.1, 0.15) is 0 Å². The molecule has 2 N–H and O–H groups in total. The van der Waals surface area contributed by atoms with Crippen LogP contribution in [0.2, 0.25) is 0 Å². The van der Waals surface area contributed by atoms with Crippen LogP contribution < -0.4 is 5.73 Å². The summed E-state index contributed by atoms with van der Waals surface area (Å²) in [6.45, 7) is 1.63. The molecule has 0 aliphatic rings. The smallest absolute Gasteiger partial charge is 0.179 e. The van der Waals surface area contributed by atoms with Crippen LogP contribution in [0.1, 0.15) is 17.3 Å². The largest absolute Gasteiger partial charge is 0.321 e. The molecule has 0 aliphatic carbocycles. The highest BCUT2D eigenvalue weighted by Crippen LogP contribution is 2.13. The van der Waals surface area contributed by atoms with Gasteiger partial charge in [0.15, 0.2) is 5.78 Å². The van der Waals surface area contributed by atoms with Crippen molar-refractivity contribution in [3.8, 4) is 0 Å². The van der Waals surface area contributed by atoms with Gasteiger partial charge in [-0.05, 0) is 12.5 Å². The first-order valence-electron chi connectivity index (χ1n) is 4.10. The molecular weight excluding hydrogens is 180 g/mol. The van der Waals surface area contributed by atoms with E-state index in [1.807, 2.05) is 0 Å². The fourth-order valence-corrected chi connectivity index (χ4v) is 1.01. The third-order valence-corrected chi connectivity index (χ3v) is 1.73. The number of azide groups is 1. The highest BCUT2D eigenvalue weighted by molar-refractivity contribution is 5.99. The van der Waals surface area contributed by atoms with Crippen molar-refractivity contribution < 1.29 is 4.79 Å². The van der Waals surface area contributed by atoms with Crippen molar-refractivity contribution in [2.45, 2.75) is 13.0 Å². The lowest BCUT2D eigenvalue weighted by molar-refractivity contribution is 0.0968. The molecule has 1 aromatic rings. The Kier molecular flexibility index (Phi) is 3.23. The van der Waals surface area contributed by atoms with Gasteiger partial charge in [-0.1, -0.05) is 29.4 Å². The number of benzene rings is 1. The monoisotopic (exact) mass is 190 g/mol. The summed E-state index contributed by atoms with van der Waals surface area (Å²) in [5.41, 5.74) is 14.6. The van der Waals surface area contributed by atoms with Crippen molar-refractivity contribution in [3.05, 3.63) is 40.3 Å². The number of ketones is 1. The number of Topliss-reactive ketones (excluding diaryl/α,β-unsaturated/α-hetero) is 1. The second kappa shape index (κ2) is 4.41. The van der Waals surface area contributed by atoms with Crippen molar-refractivity contribution in [1.29, 1.82) is 0 Å². The van der Waals surface area contributed by atoms with Crippen LogP contribution in [0.3, 0.4) is 0 Å². The fourth-order valence-electron chi connectivity index (χ4n) is 1.01. The van der Waals surface area contributed by atoms with Crippen LogP contribution in [0.15, 0.2) is 29.4 Å². The molecule has 72 valence electrons. The van der Waals surface area contributed by atoms with Crippen LogP contribution in [0.4, 0.5) is 5.69 Å². The lowest BCUT2D eigenvalue weighted by atomic mass is 10.1. The van der Waals surface area contributed by atoms with E-state index >= 15 is 0 Å². The second-order valence-electron chi connectivity index (χ2n) is 2.89. The van der Waals surface area contributed by atoms with Crippen LogP contribution in [0, 0.1) is 0 Å². The van der Waals surface area contributed by atoms with Gasteiger partial charge < -0.3 is 5.73 Å². The maximum atomic E-state index is 11.4. The van der Waals surface area contributed by atoms with Gasteiger partial charge in [0.2, 0.25) is 0 Å². The SMILES string of the molecule is CC(N)C(=O)c1ccc(N=[N+]=[N-])cc1. The van der Waals surface area contributed by atoms with Gasteiger partial charge in [-0.15, -0.1) is 0 Å². The summed E-state index contributed by atoms with van der Waals surface area (Å²) >= 11 is 0. The van der Waals surface area contributed by atoms with Gasteiger partial charge in [-0.2, -0.15) is 0 Å². The maximum absolute atomic E-state index is 11.4. The molecule has 0 fully saturated rings. The Morgan fingerprint density at radius 3 is 2.50 bits per heavy atom. The van der Waals surface area contributed by atoms with Crippen molar-refractivity contribution in [2.75, 3.05) is 0 Å². The standard InChI is InChI=1S/C9H10N4O/c1-6(10)9(14)7-2-4-8(5-3-7)12-13-11/h2-6H,10H2,1H3. The third kappa shape index (κ3) is 2.32. The van der Waals surface area contributed by atoms with E-state index in [0.29, 0.717) is 11.3 Å². The van der Waals surface area contributed by atoms with E-state index in [1.54, 1.807) is 31.2 Å². The van der Waals surface area contributed by atoms with E-state index in [2.05, 4.69) is 10.0 Å². The summed E-state index contributed by atoms with van der Waals surface area (Å²) < 4.78 is 0. The zero-order chi connectivity index (χ0) is 10.6. The van der Waals surface area contributed by atoms with Crippen molar-refractivity contribution in [1.82, 2.24) is 0 Å². The molecule has 5 heteroatoms.